The van der Waals surface area contributed by atoms with Crippen LogP contribution in [0.2, 0.25) is 0 Å². The summed E-state index contributed by atoms with van der Waals surface area (Å²) in [5.41, 5.74) is 2.59. The zero-order valence-electron chi connectivity index (χ0n) is 14.1. The lowest BCUT2D eigenvalue weighted by Gasteiger charge is -2.11. The summed E-state index contributed by atoms with van der Waals surface area (Å²) >= 11 is 5.21. The number of hydrogen-bond donors (Lipinski definition) is 2. The third-order valence-electron chi connectivity index (χ3n) is 4.16. The van der Waals surface area contributed by atoms with Gasteiger partial charge in [0.1, 0.15) is 5.82 Å². The van der Waals surface area contributed by atoms with E-state index in [4.69, 9.17) is 17.1 Å². The Hall–Kier alpha value is -3.26. The molecule has 27 heavy (non-hydrogen) atoms. The number of benzene rings is 2. The largest absolute Gasteiger partial charge is 0.382 e. The summed E-state index contributed by atoms with van der Waals surface area (Å²) in [7, 11) is 0. The average molecular weight is 382 g/mol. The van der Waals surface area contributed by atoms with Gasteiger partial charge in [-0.1, -0.05) is 23.4 Å². The van der Waals surface area contributed by atoms with Gasteiger partial charge in [-0.3, -0.25) is 9.36 Å². The highest BCUT2D eigenvalue weighted by atomic mass is 32.1. The molecule has 8 heteroatoms. The fourth-order valence-corrected chi connectivity index (χ4v) is 3.07. The molecular formula is C19H15FN4O2S. The van der Waals surface area contributed by atoms with Crippen LogP contribution < -0.4 is 5.32 Å². The van der Waals surface area contributed by atoms with Crippen LogP contribution in [0.1, 0.15) is 12.0 Å². The molecule has 1 amide bonds. The first-order valence-corrected chi connectivity index (χ1v) is 8.67. The highest BCUT2D eigenvalue weighted by Crippen LogP contribution is 2.20. The number of H-pyrrole nitrogens is 1. The van der Waals surface area contributed by atoms with E-state index in [9.17, 15) is 9.18 Å². The first kappa shape index (κ1) is 17.2. The number of nitrogens with zero attached hydrogens (tertiary/aromatic N) is 2. The van der Waals surface area contributed by atoms with Gasteiger partial charge in [0.05, 0.1) is 5.71 Å². The molecule has 0 bridgehead atoms. The summed E-state index contributed by atoms with van der Waals surface area (Å²) in [5, 5.41) is 6.75. The van der Waals surface area contributed by atoms with Gasteiger partial charge in [-0.25, -0.2) is 4.39 Å². The van der Waals surface area contributed by atoms with Crippen LogP contribution in [0.3, 0.4) is 0 Å². The van der Waals surface area contributed by atoms with Crippen LogP contribution in [0.15, 0.2) is 66.1 Å². The Kier molecular flexibility index (Phi) is 4.55. The molecule has 4 rings (SSSR count). The van der Waals surface area contributed by atoms with Gasteiger partial charge in [-0.05, 0) is 42.5 Å². The number of carbonyl (C=O) groups excluding carboxylic acids is 1. The third kappa shape index (κ3) is 3.65. The van der Waals surface area contributed by atoms with Crippen molar-refractivity contribution in [1.82, 2.24) is 9.55 Å². The first-order valence-electron chi connectivity index (χ1n) is 8.26. The normalized spacial score (nSPS) is 15.9. The molecule has 136 valence electrons. The topological polar surface area (TPSA) is 71.4 Å². The lowest BCUT2D eigenvalue weighted by atomic mass is 10.0. The minimum absolute atomic E-state index is 0.276. The van der Waals surface area contributed by atoms with Crippen LogP contribution in [0.25, 0.3) is 5.69 Å². The molecule has 1 atom stereocenters. The summed E-state index contributed by atoms with van der Waals surface area (Å²) in [6.07, 6.45) is 3.06. The van der Waals surface area contributed by atoms with Crippen molar-refractivity contribution in [2.75, 3.05) is 5.32 Å². The number of oxime groups is 1. The number of nitrogens with one attached hydrogen (secondary N) is 2. The molecule has 0 aliphatic carbocycles. The number of rotatable bonds is 4. The third-order valence-corrected chi connectivity index (χ3v) is 4.47. The Bertz CT molecular complexity index is 1090. The van der Waals surface area contributed by atoms with Crippen molar-refractivity contribution in [2.24, 2.45) is 5.16 Å². The predicted molar refractivity (Wildman–Crippen MR) is 102 cm³/mol. The van der Waals surface area contributed by atoms with Gasteiger partial charge in [0, 0.05) is 35.8 Å². The number of hydrogen-bond acceptors (Lipinski definition) is 4. The maximum absolute atomic E-state index is 13.4. The van der Waals surface area contributed by atoms with Gasteiger partial charge in [0.25, 0.3) is 5.91 Å². The minimum atomic E-state index is -0.763. The molecule has 1 aromatic heterocycles. The fraction of sp³-hybridized carbons (Fsp3) is 0.105. The smallest absolute Gasteiger partial charge is 0.268 e. The second-order valence-electron chi connectivity index (χ2n) is 6.02. The maximum atomic E-state index is 13.4. The zero-order valence-corrected chi connectivity index (χ0v) is 14.9. The summed E-state index contributed by atoms with van der Waals surface area (Å²) in [5.74, 6) is -0.678. The first-order chi connectivity index (χ1) is 13.1. The van der Waals surface area contributed by atoms with Gasteiger partial charge >= 0.3 is 0 Å². The number of carbonyl (C=O) groups is 1. The second kappa shape index (κ2) is 7.16. The summed E-state index contributed by atoms with van der Waals surface area (Å²) in [4.78, 5) is 20.7. The monoisotopic (exact) mass is 382 g/mol. The van der Waals surface area contributed by atoms with Gasteiger partial charge in [0.15, 0.2) is 4.77 Å². The zero-order chi connectivity index (χ0) is 18.8. The van der Waals surface area contributed by atoms with Gasteiger partial charge < -0.3 is 15.1 Å². The van der Waals surface area contributed by atoms with Gasteiger partial charge in [-0.2, -0.15) is 0 Å². The molecule has 6 nitrogen and oxygen atoms in total. The van der Waals surface area contributed by atoms with Gasteiger partial charge in [0.2, 0.25) is 6.10 Å². The standard InChI is InChI=1S/C19H15FN4O2S/c20-13-4-1-3-12(9-13)16-11-17(26-23-16)18(25)22-14-5-2-6-15(10-14)24-8-7-21-19(24)27/h1-10,17H,11H2,(H,21,27)(H,22,25)/t17-/m0/s1. The van der Waals surface area contributed by atoms with E-state index >= 15 is 0 Å². The van der Waals surface area contributed by atoms with E-state index in [1.807, 2.05) is 24.4 Å². The molecule has 3 aromatic rings. The Morgan fingerprint density at radius 3 is 2.93 bits per heavy atom. The summed E-state index contributed by atoms with van der Waals surface area (Å²) < 4.78 is 15.7. The van der Waals surface area contributed by atoms with Crippen LogP contribution in [-0.2, 0) is 9.63 Å². The molecule has 0 spiro atoms. The average Bonchev–Trinajstić information content (AvgIpc) is 3.31. The molecule has 2 heterocycles. The van der Waals surface area contributed by atoms with Crippen molar-refractivity contribution in [2.45, 2.75) is 12.5 Å². The molecule has 0 saturated carbocycles. The van der Waals surface area contributed by atoms with Crippen molar-refractivity contribution in [1.29, 1.82) is 0 Å². The summed E-state index contributed by atoms with van der Waals surface area (Å²) in [6.45, 7) is 0. The molecule has 1 aliphatic heterocycles. The number of aromatic amines is 1. The Labute approximate surface area is 159 Å². The van der Waals surface area contributed by atoms with Crippen molar-refractivity contribution in [3.05, 3.63) is 77.1 Å². The van der Waals surface area contributed by atoms with E-state index < -0.39 is 6.10 Å². The van der Waals surface area contributed by atoms with E-state index in [0.717, 1.165) is 5.69 Å². The van der Waals surface area contributed by atoms with Crippen molar-refractivity contribution >= 4 is 29.5 Å². The number of imidazole rings is 1. The minimum Gasteiger partial charge on any atom is -0.382 e. The lowest BCUT2D eigenvalue weighted by Crippen LogP contribution is -2.28. The van der Waals surface area contributed by atoms with Crippen LogP contribution in [-0.4, -0.2) is 27.3 Å². The summed E-state index contributed by atoms with van der Waals surface area (Å²) in [6, 6.07) is 13.3. The Morgan fingerprint density at radius 2 is 2.15 bits per heavy atom. The lowest BCUT2D eigenvalue weighted by molar-refractivity contribution is -0.125. The number of halogens is 1. The molecule has 0 saturated heterocycles. The number of aromatic nitrogens is 2. The molecule has 1 aliphatic rings. The van der Waals surface area contributed by atoms with E-state index in [0.29, 0.717) is 21.7 Å². The predicted octanol–water partition coefficient (Wildman–Crippen LogP) is 3.81. The second-order valence-corrected chi connectivity index (χ2v) is 6.41. The maximum Gasteiger partial charge on any atom is 0.268 e. The molecular weight excluding hydrogens is 367 g/mol. The fourth-order valence-electron chi connectivity index (χ4n) is 2.84. The molecule has 0 fully saturated rings. The Balaban J connectivity index is 1.45. The highest BCUT2D eigenvalue weighted by Gasteiger charge is 2.29. The van der Waals surface area contributed by atoms with Crippen molar-refractivity contribution in [3.63, 3.8) is 0 Å². The van der Waals surface area contributed by atoms with Crippen LogP contribution in [0, 0.1) is 10.6 Å². The quantitative estimate of drug-likeness (QED) is 0.674. The van der Waals surface area contributed by atoms with Crippen molar-refractivity contribution < 1.29 is 14.0 Å². The van der Waals surface area contributed by atoms with Crippen LogP contribution in [0.4, 0.5) is 10.1 Å². The van der Waals surface area contributed by atoms with Crippen molar-refractivity contribution in [3.8, 4) is 5.69 Å². The molecule has 2 aromatic carbocycles. The molecule has 0 unspecified atom stereocenters. The van der Waals surface area contributed by atoms with E-state index in [2.05, 4.69) is 15.5 Å². The van der Waals surface area contributed by atoms with Crippen LogP contribution in [0.5, 0.6) is 0 Å². The van der Waals surface area contributed by atoms with E-state index in [1.165, 1.54) is 12.1 Å². The van der Waals surface area contributed by atoms with E-state index in [1.54, 1.807) is 29.0 Å². The molecule has 2 N–H and O–H groups in total. The number of amides is 1. The van der Waals surface area contributed by atoms with Crippen LogP contribution >= 0.6 is 12.2 Å². The molecule has 0 radical (unpaired) electrons. The Morgan fingerprint density at radius 1 is 1.30 bits per heavy atom. The van der Waals surface area contributed by atoms with Gasteiger partial charge in [-0.15, -0.1) is 0 Å². The highest BCUT2D eigenvalue weighted by molar-refractivity contribution is 7.71. The van der Waals surface area contributed by atoms with E-state index in [-0.39, 0.29) is 18.1 Å². The SMILES string of the molecule is O=C(Nc1cccc(-n2cc[nH]c2=S)c1)[C@@H]1CC(c2cccc(F)c2)=NO1. The number of anilines is 1.